The third-order valence-corrected chi connectivity index (χ3v) is 2.96. The summed E-state index contributed by atoms with van der Waals surface area (Å²) in [6.45, 7) is 0. The Bertz CT molecular complexity index is 563. The van der Waals surface area contributed by atoms with Gasteiger partial charge in [-0.15, -0.1) is 0 Å². The van der Waals surface area contributed by atoms with Crippen molar-refractivity contribution >= 4 is 29.4 Å². The molecule has 0 saturated heterocycles. The van der Waals surface area contributed by atoms with Crippen LogP contribution in [0.15, 0.2) is 18.2 Å². The van der Waals surface area contributed by atoms with Crippen LogP contribution in [0.25, 0.3) is 0 Å². The van der Waals surface area contributed by atoms with E-state index in [4.69, 9.17) is 16.7 Å². The minimum Gasteiger partial charge on any atom is -0.480 e. The van der Waals surface area contributed by atoms with E-state index in [-0.39, 0.29) is 23.4 Å². The third-order valence-electron chi connectivity index (χ3n) is 2.64. The van der Waals surface area contributed by atoms with Gasteiger partial charge in [0.25, 0.3) is 5.91 Å². The van der Waals surface area contributed by atoms with E-state index in [1.54, 1.807) is 0 Å². The van der Waals surface area contributed by atoms with Crippen molar-refractivity contribution in [1.29, 1.82) is 0 Å². The van der Waals surface area contributed by atoms with Crippen molar-refractivity contribution in [3.05, 3.63) is 34.6 Å². The van der Waals surface area contributed by atoms with E-state index in [0.717, 1.165) is 18.2 Å². The summed E-state index contributed by atoms with van der Waals surface area (Å²) in [7, 11) is 1.18. The van der Waals surface area contributed by atoms with Crippen LogP contribution in [0.2, 0.25) is 5.02 Å². The van der Waals surface area contributed by atoms with Crippen LogP contribution >= 0.6 is 11.6 Å². The molecule has 1 aromatic carbocycles. The summed E-state index contributed by atoms with van der Waals surface area (Å²) < 4.78 is 17.3. The number of ether oxygens (including phenoxy) is 1. The highest BCUT2D eigenvalue weighted by Crippen LogP contribution is 2.17. The predicted octanol–water partition coefficient (Wildman–Crippen LogP) is 1.62. The molecule has 0 aliphatic heterocycles. The highest BCUT2D eigenvalue weighted by molar-refractivity contribution is 6.33. The van der Waals surface area contributed by atoms with Gasteiger partial charge in [-0.3, -0.25) is 9.59 Å². The first-order valence-electron chi connectivity index (χ1n) is 5.90. The Labute approximate surface area is 124 Å². The second-order valence-electron chi connectivity index (χ2n) is 4.10. The number of benzene rings is 1. The Morgan fingerprint density at radius 1 is 1.43 bits per heavy atom. The summed E-state index contributed by atoms with van der Waals surface area (Å²) in [5.41, 5.74) is -0.0533. The van der Waals surface area contributed by atoms with Crippen LogP contribution in [0.3, 0.4) is 0 Å². The van der Waals surface area contributed by atoms with Gasteiger partial charge in [0.2, 0.25) is 0 Å². The average Bonchev–Trinajstić information content (AvgIpc) is 2.42. The zero-order chi connectivity index (χ0) is 16.0. The van der Waals surface area contributed by atoms with E-state index in [1.165, 1.54) is 7.11 Å². The molecule has 0 saturated carbocycles. The Hall–Kier alpha value is -2.15. The maximum absolute atomic E-state index is 12.9. The molecule has 8 heteroatoms. The van der Waals surface area contributed by atoms with Gasteiger partial charge in [0.05, 0.1) is 17.7 Å². The molecule has 21 heavy (non-hydrogen) atoms. The number of carboxylic acid groups (broad SMARTS) is 1. The Morgan fingerprint density at radius 2 is 2.10 bits per heavy atom. The number of halogens is 2. The molecule has 0 unspecified atom stereocenters. The molecule has 0 aromatic heterocycles. The summed E-state index contributed by atoms with van der Waals surface area (Å²) in [4.78, 5) is 34.0. The van der Waals surface area contributed by atoms with Crippen molar-refractivity contribution in [3.8, 4) is 0 Å². The van der Waals surface area contributed by atoms with Gasteiger partial charge >= 0.3 is 11.9 Å². The van der Waals surface area contributed by atoms with Crippen molar-refractivity contribution in [2.75, 3.05) is 7.11 Å². The third kappa shape index (κ3) is 5.03. The second-order valence-corrected chi connectivity index (χ2v) is 4.51. The monoisotopic (exact) mass is 317 g/mol. The lowest BCUT2D eigenvalue weighted by atomic mass is 10.1. The van der Waals surface area contributed by atoms with Crippen LogP contribution in [0.5, 0.6) is 0 Å². The van der Waals surface area contributed by atoms with E-state index in [1.807, 2.05) is 0 Å². The first-order chi connectivity index (χ1) is 9.85. The summed E-state index contributed by atoms with van der Waals surface area (Å²) in [5.74, 6) is -3.27. The van der Waals surface area contributed by atoms with Crippen LogP contribution in [-0.4, -0.2) is 36.1 Å². The lowest BCUT2D eigenvalue weighted by molar-refractivity contribution is -0.142. The maximum Gasteiger partial charge on any atom is 0.326 e. The van der Waals surface area contributed by atoms with Gasteiger partial charge in [0.15, 0.2) is 0 Å². The van der Waals surface area contributed by atoms with E-state index in [9.17, 15) is 18.8 Å². The van der Waals surface area contributed by atoms with Crippen LogP contribution in [0.1, 0.15) is 23.2 Å². The Balaban J connectivity index is 2.76. The first kappa shape index (κ1) is 16.9. The van der Waals surface area contributed by atoms with Crippen molar-refractivity contribution in [2.45, 2.75) is 18.9 Å². The molecule has 114 valence electrons. The number of hydrogen-bond acceptors (Lipinski definition) is 4. The molecular formula is C13H13ClFNO5. The minimum absolute atomic E-state index is 0.0533. The van der Waals surface area contributed by atoms with Crippen molar-refractivity contribution in [3.63, 3.8) is 0 Å². The molecule has 0 bridgehead atoms. The predicted molar refractivity (Wildman–Crippen MR) is 71.6 cm³/mol. The maximum atomic E-state index is 12.9. The molecular weight excluding hydrogens is 305 g/mol. The van der Waals surface area contributed by atoms with E-state index in [0.29, 0.717) is 0 Å². The molecule has 1 amide bonds. The number of aliphatic carboxylic acids is 1. The number of methoxy groups -OCH3 is 1. The highest BCUT2D eigenvalue weighted by atomic mass is 35.5. The largest absolute Gasteiger partial charge is 0.480 e. The van der Waals surface area contributed by atoms with Crippen LogP contribution in [0.4, 0.5) is 4.39 Å². The van der Waals surface area contributed by atoms with Gasteiger partial charge in [-0.25, -0.2) is 9.18 Å². The standard InChI is InChI=1S/C13H13ClFNO5/c1-21-11(17)5-4-10(13(19)20)16-12(18)8-3-2-7(15)6-9(8)14/h2-3,6,10H,4-5H2,1H3,(H,16,18)(H,19,20)/t10-/m1/s1. The summed E-state index contributed by atoms with van der Waals surface area (Å²) in [5, 5.41) is 11.1. The van der Waals surface area contributed by atoms with E-state index < -0.39 is 29.7 Å². The van der Waals surface area contributed by atoms with Gasteiger partial charge < -0.3 is 15.2 Å². The van der Waals surface area contributed by atoms with Crippen LogP contribution < -0.4 is 5.32 Å². The fourth-order valence-corrected chi connectivity index (χ4v) is 1.78. The molecule has 0 radical (unpaired) electrons. The number of rotatable bonds is 6. The van der Waals surface area contributed by atoms with Crippen LogP contribution in [0, 0.1) is 5.82 Å². The fraction of sp³-hybridized carbons (Fsp3) is 0.308. The number of esters is 1. The summed E-state index contributed by atoms with van der Waals surface area (Å²) in [6, 6.07) is 1.84. The quantitative estimate of drug-likeness (QED) is 0.778. The van der Waals surface area contributed by atoms with Gasteiger partial charge in [-0.2, -0.15) is 0 Å². The lowest BCUT2D eigenvalue weighted by Gasteiger charge is -2.14. The SMILES string of the molecule is COC(=O)CC[C@@H](NC(=O)c1ccc(F)cc1Cl)C(=O)O. The number of amides is 1. The number of carboxylic acids is 1. The molecule has 2 N–H and O–H groups in total. The van der Waals surface area contributed by atoms with E-state index >= 15 is 0 Å². The number of carbonyl (C=O) groups is 3. The topological polar surface area (TPSA) is 92.7 Å². The normalized spacial score (nSPS) is 11.6. The molecule has 6 nitrogen and oxygen atoms in total. The molecule has 0 aliphatic carbocycles. The van der Waals surface area contributed by atoms with Crippen molar-refractivity contribution in [2.24, 2.45) is 0 Å². The first-order valence-corrected chi connectivity index (χ1v) is 6.28. The molecule has 1 aromatic rings. The van der Waals surface area contributed by atoms with Gasteiger partial charge in [-0.1, -0.05) is 11.6 Å². The highest BCUT2D eigenvalue weighted by Gasteiger charge is 2.23. The number of nitrogens with one attached hydrogen (secondary N) is 1. The van der Waals surface area contributed by atoms with Crippen molar-refractivity contribution in [1.82, 2.24) is 5.32 Å². The molecule has 0 heterocycles. The Morgan fingerprint density at radius 3 is 2.62 bits per heavy atom. The van der Waals surface area contributed by atoms with Gasteiger partial charge in [-0.05, 0) is 24.6 Å². The van der Waals surface area contributed by atoms with Gasteiger partial charge in [0, 0.05) is 6.42 Å². The van der Waals surface area contributed by atoms with Crippen LogP contribution in [-0.2, 0) is 14.3 Å². The number of hydrogen-bond donors (Lipinski definition) is 2. The molecule has 1 rings (SSSR count). The fourth-order valence-electron chi connectivity index (χ4n) is 1.53. The molecule has 0 aliphatic rings. The minimum atomic E-state index is -1.30. The summed E-state index contributed by atoms with van der Waals surface area (Å²) >= 11 is 5.72. The molecule has 0 fully saturated rings. The smallest absolute Gasteiger partial charge is 0.326 e. The zero-order valence-electron chi connectivity index (χ0n) is 11.1. The lowest BCUT2D eigenvalue weighted by Crippen LogP contribution is -2.41. The average molecular weight is 318 g/mol. The van der Waals surface area contributed by atoms with Crippen molar-refractivity contribution < 1.29 is 28.6 Å². The Kier molecular flexibility index (Phi) is 6.10. The van der Waals surface area contributed by atoms with E-state index in [2.05, 4.69) is 10.1 Å². The molecule has 1 atom stereocenters. The molecule has 0 spiro atoms. The zero-order valence-corrected chi connectivity index (χ0v) is 11.8. The number of carbonyl (C=O) groups excluding carboxylic acids is 2. The van der Waals surface area contributed by atoms with Gasteiger partial charge in [0.1, 0.15) is 11.9 Å². The second kappa shape index (κ2) is 7.58. The summed E-state index contributed by atoms with van der Waals surface area (Å²) in [6.07, 6.45) is -0.294.